The molecule has 1 aromatic rings. The molecule has 4 nitrogen and oxygen atoms in total. The number of phenolic OH excluding ortho intramolecular Hbond substituents is 1. The van der Waals surface area contributed by atoms with Gasteiger partial charge in [0.25, 0.3) is 0 Å². The Hall–Kier alpha value is -2.10. The zero-order chi connectivity index (χ0) is 11.0. The van der Waals surface area contributed by atoms with E-state index >= 15 is 0 Å². The summed E-state index contributed by atoms with van der Waals surface area (Å²) < 4.78 is 0. The van der Waals surface area contributed by atoms with Crippen molar-refractivity contribution in [3.05, 3.63) is 42.0 Å². The Morgan fingerprint density at radius 2 is 1.94 bits per heavy atom. The molecule has 16 heavy (non-hydrogen) atoms. The van der Waals surface area contributed by atoms with Crippen molar-refractivity contribution in [1.82, 2.24) is 5.01 Å². The summed E-state index contributed by atoms with van der Waals surface area (Å²) in [6.07, 6.45) is 3.93. The van der Waals surface area contributed by atoms with Gasteiger partial charge in [0, 0.05) is 5.56 Å². The number of hydrazone groups is 1. The highest BCUT2D eigenvalue weighted by molar-refractivity contribution is 6.14. The Bertz CT molecular complexity index is 500. The first kappa shape index (κ1) is 9.15. The Kier molecular flexibility index (Phi) is 1.99. The van der Waals surface area contributed by atoms with Gasteiger partial charge in [-0.2, -0.15) is 5.10 Å². The third kappa shape index (κ3) is 1.48. The highest BCUT2D eigenvalue weighted by atomic mass is 16.3. The van der Waals surface area contributed by atoms with Crippen LogP contribution in [0.2, 0.25) is 0 Å². The number of rotatable bonds is 1. The van der Waals surface area contributed by atoms with Gasteiger partial charge >= 0.3 is 0 Å². The SMILES string of the molecule is Oc1ccc(C2=NN3CCN=C3C=C2)cc1. The molecule has 0 aliphatic carbocycles. The van der Waals surface area contributed by atoms with Gasteiger partial charge in [0.05, 0.1) is 18.8 Å². The van der Waals surface area contributed by atoms with Crippen LogP contribution in [0.1, 0.15) is 5.56 Å². The number of aromatic hydroxyl groups is 1. The molecule has 2 aliphatic rings. The number of fused-ring (bicyclic) bond motifs is 1. The van der Waals surface area contributed by atoms with E-state index in [0.717, 1.165) is 30.2 Å². The summed E-state index contributed by atoms with van der Waals surface area (Å²) >= 11 is 0. The number of allylic oxidation sites excluding steroid dienone is 1. The molecule has 3 rings (SSSR count). The number of hydrogen-bond acceptors (Lipinski definition) is 4. The van der Waals surface area contributed by atoms with E-state index in [1.165, 1.54) is 0 Å². The van der Waals surface area contributed by atoms with Crippen molar-refractivity contribution in [2.24, 2.45) is 10.1 Å². The maximum Gasteiger partial charge on any atom is 0.144 e. The fourth-order valence-electron chi connectivity index (χ4n) is 1.80. The summed E-state index contributed by atoms with van der Waals surface area (Å²) in [5.41, 5.74) is 1.90. The molecule has 0 fully saturated rings. The minimum atomic E-state index is 0.271. The summed E-state index contributed by atoms with van der Waals surface area (Å²) in [4.78, 5) is 4.31. The van der Waals surface area contributed by atoms with Crippen molar-refractivity contribution >= 4 is 11.5 Å². The van der Waals surface area contributed by atoms with Crippen LogP contribution in [0.3, 0.4) is 0 Å². The normalized spacial score (nSPS) is 18.1. The lowest BCUT2D eigenvalue weighted by Crippen LogP contribution is -2.25. The van der Waals surface area contributed by atoms with E-state index in [1.807, 2.05) is 29.3 Å². The van der Waals surface area contributed by atoms with E-state index in [4.69, 9.17) is 0 Å². The van der Waals surface area contributed by atoms with Gasteiger partial charge < -0.3 is 5.11 Å². The first-order valence-corrected chi connectivity index (χ1v) is 5.21. The van der Waals surface area contributed by atoms with Crippen molar-refractivity contribution in [2.45, 2.75) is 0 Å². The van der Waals surface area contributed by atoms with Gasteiger partial charge in [0.2, 0.25) is 0 Å². The molecule has 0 bridgehead atoms. The minimum Gasteiger partial charge on any atom is -0.508 e. The monoisotopic (exact) mass is 213 g/mol. The Morgan fingerprint density at radius 3 is 2.75 bits per heavy atom. The van der Waals surface area contributed by atoms with Crippen LogP contribution in [0, 0.1) is 0 Å². The lowest BCUT2D eigenvalue weighted by molar-refractivity contribution is 0.475. The van der Waals surface area contributed by atoms with Crippen molar-refractivity contribution in [3.63, 3.8) is 0 Å². The maximum atomic E-state index is 9.22. The molecule has 2 aliphatic heterocycles. The Morgan fingerprint density at radius 1 is 1.12 bits per heavy atom. The molecule has 1 aromatic carbocycles. The summed E-state index contributed by atoms with van der Waals surface area (Å²) in [6, 6.07) is 7.05. The number of aliphatic imine (C=N–C) groups is 1. The van der Waals surface area contributed by atoms with E-state index in [0.29, 0.717) is 0 Å². The van der Waals surface area contributed by atoms with Gasteiger partial charge in [-0.1, -0.05) is 0 Å². The summed E-state index contributed by atoms with van der Waals surface area (Å²) in [6.45, 7) is 1.66. The molecule has 80 valence electrons. The molecule has 4 heteroatoms. The van der Waals surface area contributed by atoms with Gasteiger partial charge in [-0.15, -0.1) is 0 Å². The summed E-state index contributed by atoms with van der Waals surface area (Å²) in [5.74, 6) is 1.20. The number of phenols is 1. The van der Waals surface area contributed by atoms with Crippen LogP contribution in [0.4, 0.5) is 0 Å². The molecular formula is C12H11N3O. The van der Waals surface area contributed by atoms with Crippen LogP contribution in [-0.2, 0) is 0 Å². The lowest BCUT2D eigenvalue weighted by atomic mass is 10.1. The molecule has 0 radical (unpaired) electrons. The summed E-state index contributed by atoms with van der Waals surface area (Å²) in [5, 5.41) is 15.6. The van der Waals surface area contributed by atoms with Crippen LogP contribution in [0.15, 0.2) is 46.5 Å². The molecule has 1 N–H and O–H groups in total. The first-order valence-electron chi connectivity index (χ1n) is 5.21. The second kappa shape index (κ2) is 3.48. The standard InChI is InChI=1S/C12H11N3O/c16-10-3-1-9(2-4-10)11-5-6-12-13-7-8-15(12)14-11/h1-6,16H,7-8H2. The van der Waals surface area contributed by atoms with Crippen LogP contribution >= 0.6 is 0 Å². The molecule has 0 spiro atoms. The summed E-state index contributed by atoms with van der Waals surface area (Å²) in [7, 11) is 0. The number of amidine groups is 1. The number of hydrogen-bond donors (Lipinski definition) is 1. The van der Waals surface area contributed by atoms with Gasteiger partial charge in [-0.3, -0.25) is 4.99 Å². The van der Waals surface area contributed by atoms with E-state index in [-0.39, 0.29) is 5.75 Å². The van der Waals surface area contributed by atoms with Crippen molar-refractivity contribution in [2.75, 3.05) is 13.1 Å². The average Bonchev–Trinajstić information content (AvgIpc) is 2.77. The zero-order valence-corrected chi connectivity index (χ0v) is 8.67. The highest BCUT2D eigenvalue weighted by Gasteiger charge is 2.18. The van der Waals surface area contributed by atoms with E-state index in [9.17, 15) is 5.11 Å². The van der Waals surface area contributed by atoms with Crippen LogP contribution in [0.5, 0.6) is 5.75 Å². The molecule has 0 unspecified atom stereocenters. The molecule has 2 heterocycles. The molecule has 0 atom stereocenters. The third-order valence-electron chi connectivity index (χ3n) is 2.63. The van der Waals surface area contributed by atoms with Crippen LogP contribution in [0.25, 0.3) is 0 Å². The first-order chi connectivity index (χ1) is 7.83. The predicted molar refractivity (Wildman–Crippen MR) is 62.8 cm³/mol. The second-order valence-corrected chi connectivity index (χ2v) is 3.73. The van der Waals surface area contributed by atoms with Crippen molar-refractivity contribution in [3.8, 4) is 5.75 Å². The van der Waals surface area contributed by atoms with E-state index in [1.54, 1.807) is 12.1 Å². The lowest BCUT2D eigenvalue weighted by Gasteiger charge is -2.17. The van der Waals surface area contributed by atoms with Crippen molar-refractivity contribution in [1.29, 1.82) is 0 Å². The molecule has 0 saturated carbocycles. The van der Waals surface area contributed by atoms with E-state index in [2.05, 4.69) is 10.1 Å². The zero-order valence-electron chi connectivity index (χ0n) is 8.67. The molecule has 0 aromatic heterocycles. The van der Waals surface area contributed by atoms with E-state index < -0.39 is 0 Å². The van der Waals surface area contributed by atoms with Gasteiger partial charge in [-0.25, -0.2) is 5.01 Å². The predicted octanol–water partition coefficient (Wildman–Crippen LogP) is 1.38. The van der Waals surface area contributed by atoms with Gasteiger partial charge in [-0.05, 0) is 36.4 Å². The molecule has 0 saturated heterocycles. The quantitative estimate of drug-likeness (QED) is 0.766. The van der Waals surface area contributed by atoms with Crippen molar-refractivity contribution < 1.29 is 5.11 Å². The third-order valence-corrected chi connectivity index (χ3v) is 2.63. The number of benzene rings is 1. The topological polar surface area (TPSA) is 48.2 Å². The largest absolute Gasteiger partial charge is 0.508 e. The van der Waals surface area contributed by atoms with Crippen LogP contribution < -0.4 is 0 Å². The molecular weight excluding hydrogens is 202 g/mol. The Balaban J connectivity index is 1.94. The minimum absolute atomic E-state index is 0.271. The molecule has 0 amide bonds. The Labute approximate surface area is 93.2 Å². The fraction of sp³-hybridized carbons (Fsp3) is 0.167. The van der Waals surface area contributed by atoms with Gasteiger partial charge in [0.15, 0.2) is 0 Å². The fourth-order valence-corrected chi connectivity index (χ4v) is 1.80. The maximum absolute atomic E-state index is 9.22. The average molecular weight is 213 g/mol. The van der Waals surface area contributed by atoms with Gasteiger partial charge in [0.1, 0.15) is 11.6 Å². The van der Waals surface area contributed by atoms with Crippen LogP contribution in [-0.4, -0.2) is 34.8 Å². The highest BCUT2D eigenvalue weighted by Crippen LogP contribution is 2.15. The number of nitrogens with zero attached hydrogens (tertiary/aromatic N) is 3. The smallest absolute Gasteiger partial charge is 0.144 e. The second-order valence-electron chi connectivity index (χ2n) is 3.73.